The van der Waals surface area contributed by atoms with Gasteiger partial charge in [-0.2, -0.15) is 0 Å². The summed E-state index contributed by atoms with van der Waals surface area (Å²) in [5, 5.41) is 14.6. The zero-order valence-corrected chi connectivity index (χ0v) is 11.3. The van der Waals surface area contributed by atoms with Crippen LogP contribution < -0.4 is 5.32 Å². The SMILES string of the molecule is CC(C)CCNC(=O)c1cc2ccccc2cc1O. The highest BCUT2D eigenvalue weighted by Gasteiger charge is 2.11. The van der Waals surface area contributed by atoms with E-state index in [1.165, 1.54) is 0 Å². The van der Waals surface area contributed by atoms with Crippen molar-refractivity contribution in [2.45, 2.75) is 20.3 Å². The third kappa shape index (κ3) is 3.25. The van der Waals surface area contributed by atoms with E-state index in [9.17, 15) is 9.90 Å². The molecule has 2 aromatic carbocycles. The summed E-state index contributed by atoms with van der Waals surface area (Å²) in [6, 6.07) is 11.0. The summed E-state index contributed by atoms with van der Waals surface area (Å²) in [7, 11) is 0. The molecule has 2 rings (SSSR count). The van der Waals surface area contributed by atoms with Crippen LogP contribution in [0.4, 0.5) is 0 Å². The van der Waals surface area contributed by atoms with Crippen LogP contribution in [0.25, 0.3) is 10.8 Å². The van der Waals surface area contributed by atoms with E-state index in [1.54, 1.807) is 12.1 Å². The maximum atomic E-state index is 12.0. The second-order valence-corrected chi connectivity index (χ2v) is 5.15. The van der Waals surface area contributed by atoms with Crippen LogP contribution in [0.5, 0.6) is 5.75 Å². The lowest BCUT2D eigenvalue weighted by molar-refractivity contribution is 0.0949. The minimum atomic E-state index is -0.219. The van der Waals surface area contributed by atoms with Gasteiger partial charge in [0.15, 0.2) is 0 Å². The number of carbonyl (C=O) groups is 1. The van der Waals surface area contributed by atoms with Gasteiger partial charge in [0.2, 0.25) is 0 Å². The number of phenols is 1. The molecule has 19 heavy (non-hydrogen) atoms. The molecule has 0 heterocycles. The standard InChI is InChI=1S/C16H19NO2/c1-11(2)7-8-17-16(19)14-9-12-5-3-4-6-13(12)10-15(14)18/h3-6,9-11,18H,7-8H2,1-2H3,(H,17,19). The monoisotopic (exact) mass is 257 g/mol. The van der Waals surface area contributed by atoms with E-state index in [2.05, 4.69) is 19.2 Å². The molecule has 0 bridgehead atoms. The number of hydrogen-bond donors (Lipinski definition) is 2. The van der Waals surface area contributed by atoms with E-state index in [0.717, 1.165) is 17.2 Å². The largest absolute Gasteiger partial charge is 0.507 e. The van der Waals surface area contributed by atoms with Crippen LogP contribution in [0.2, 0.25) is 0 Å². The van der Waals surface area contributed by atoms with E-state index in [4.69, 9.17) is 0 Å². The summed E-state index contributed by atoms with van der Waals surface area (Å²) in [6.07, 6.45) is 0.931. The fourth-order valence-corrected chi connectivity index (χ4v) is 1.98. The Morgan fingerprint density at radius 2 is 1.84 bits per heavy atom. The lowest BCUT2D eigenvalue weighted by Crippen LogP contribution is -2.25. The Labute approximate surface area is 113 Å². The highest BCUT2D eigenvalue weighted by Crippen LogP contribution is 2.24. The van der Waals surface area contributed by atoms with Gasteiger partial charge in [0.05, 0.1) is 5.56 Å². The summed E-state index contributed by atoms with van der Waals surface area (Å²) < 4.78 is 0. The summed E-state index contributed by atoms with van der Waals surface area (Å²) in [6.45, 7) is 4.85. The van der Waals surface area contributed by atoms with Crippen LogP contribution in [0.3, 0.4) is 0 Å². The first-order chi connectivity index (χ1) is 9.08. The van der Waals surface area contributed by atoms with Gasteiger partial charge >= 0.3 is 0 Å². The number of hydrogen-bond acceptors (Lipinski definition) is 2. The third-order valence-corrected chi connectivity index (χ3v) is 3.12. The highest BCUT2D eigenvalue weighted by molar-refractivity contribution is 6.01. The molecule has 100 valence electrons. The van der Waals surface area contributed by atoms with E-state index in [0.29, 0.717) is 18.0 Å². The number of benzene rings is 2. The average molecular weight is 257 g/mol. The fraction of sp³-hybridized carbons (Fsp3) is 0.312. The van der Waals surface area contributed by atoms with Crippen LogP contribution in [-0.4, -0.2) is 17.6 Å². The maximum Gasteiger partial charge on any atom is 0.255 e. The van der Waals surface area contributed by atoms with Gasteiger partial charge in [0.25, 0.3) is 5.91 Å². The second kappa shape index (κ2) is 5.74. The van der Waals surface area contributed by atoms with Crippen molar-refractivity contribution in [3.05, 3.63) is 42.0 Å². The normalized spacial score (nSPS) is 10.9. The first-order valence-corrected chi connectivity index (χ1v) is 6.58. The lowest BCUT2D eigenvalue weighted by Gasteiger charge is -2.09. The first kappa shape index (κ1) is 13.4. The summed E-state index contributed by atoms with van der Waals surface area (Å²) in [5.41, 5.74) is 0.336. The zero-order valence-electron chi connectivity index (χ0n) is 11.3. The number of carbonyl (C=O) groups excluding carboxylic acids is 1. The molecule has 0 fully saturated rings. The number of fused-ring (bicyclic) bond motifs is 1. The molecule has 2 N–H and O–H groups in total. The fourth-order valence-electron chi connectivity index (χ4n) is 1.98. The maximum absolute atomic E-state index is 12.0. The molecule has 0 radical (unpaired) electrons. The van der Waals surface area contributed by atoms with Crippen LogP contribution in [-0.2, 0) is 0 Å². The minimum Gasteiger partial charge on any atom is -0.507 e. The van der Waals surface area contributed by atoms with Gasteiger partial charge in [-0.15, -0.1) is 0 Å². The molecular weight excluding hydrogens is 238 g/mol. The number of aromatic hydroxyl groups is 1. The zero-order chi connectivity index (χ0) is 13.8. The molecule has 3 nitrogen and oxygen atoms in total. The topological polar surface area (TPSA) is 49.3 Å². The van der Waals surface area contributed by atoms with Crippen molar-refractivity contribution in [2.75, 3.05) is 6.54 Å². The van der Waals surface area contributed by atoms with E-state index >= 15 is 0 Å². The van der Waals surface area contributed by atoms with Gasteiger partial charge in [-0.05, 0) is 35.2 Å². The molecular formula is C16H19NO2. The molecule has 0 unspecified atom stereocenters. The van der Waals surface area contributed by atoms with Crippen LogP contribution in [0.1, 0.15) is 30.6 Å². The Morgan fingerprint density at radius 3 is 2.47 bits per heavy atom. The molecule has 0 aliphatic carbocycles. The smallest absolute Gasteiger partial charge is 0.255 e. The Morgan fingerprint density at radius 1 is 1.21 bits per heavy atom. The molecule has 3 heteroatoms. The number of nitrogens with one attached hydrogen (secondary N) is 1. The van der Waals surface area contributed by atoms with Gasteiger partial charge in [-0.3, -0.25) is 4.79 Å². The van der Waals surface area contributed by atoms with Gasteiger partial charge in [0.1, 0.15) is 5.75 Å². The van der Waals surface area contributed by atoms with Gasteiger partial charge in [-0.1, -0.05) is 38.1 Å². The van der Waals surface area contributed by atoms with E-state index in [1.807, 2.05) is 24.3 Å². The molecule has 0 aliphatic rings. The van der Waals surface area contributed by atoms with Crippen LogP contribution in [0.15, 0.2) is 36.4 Å². The molecule has 0 saturated carbocycles. The van der Waals surface area contributed by atoms with Gasteiger partial charge in [-0.25, -0.2) is 0 Å². The van der Waals surface area contributed by atoms with Crippen LogP contribution in [0, 0.1) is 5.92 Å². The molecule has 0 saturated heterocycles. The van der Waals surface area contributed by atoms with Crippen molar-refractivity contribution >= 4 is 16.7 Å². The Hall–Kier alpha value is -2.03. The van der Waals surface area contributed by atoms with Crippen molar-refractivity contribution in [3.63, 3.8) is 0 Å². The Kier molecular flexibility index (Phi) is 4.05. The molecule has 0 aromatic heterocycles. The number of rotatable bonds is 4. The third-order valence-electron chi connectivity index (χ3n) is 3.12. The minimum absolute atomic E-state index is 0.0285. The predicted octanol–water partition coefficient (Wildman–Crippen LogP) is 3.32. The Bertz CT molecular complexity index is 590. The van der Waals surface area contributed by atoms with Crippen molar-refractivity contribution in [2.24, 2.45) is 5.92 Å². The Balaban J connectivity index is 2.19. The molecule has 0 spiro atoms. The highest BCUT2D eigenvalue weighted by atomic mass is 16.3. The van der Waals surface area contributed by atoms with Crippen molar-refractivity contribution in [3.8, 4) is 5.75 Å². The van der Waals surface area contributed by atoms with Crippen molar-refractivity contribution < 1.29 is 9.90 Å². The summed E-state index contributed by atoms with van der Waals surface area (Å²) >= 11 is 0. The van der Waals surface area contributed by atoms with Crippen molar-refractivity contribution in [1.29, 1.82) is 0 Å². The molecule has 0 aliphatic heterocycles. The molecule has 1 amide bonds. The van der Waals surface area contributed by atoms with E-state index < -0.39 is 0 Å². The van der Waals surface area contributed by atoms with Gasteiger partial charge in [0, 0.05) is 6.54 Å². The van der Waals surface area contributed by atoms with E-state index in [-0.39, 0.29) is 11.7 Å². The lowest BCUT2D eigenvalue weighted by atomic mass is 10.1. The van der Waals surface area contributed by atoms with Crippen molar-refractivity contribution in [1.82, 2.24) is 5.32 Å². The molecule has 0 atom stereocenters. The summed E-state index contributed by atoms with van der Waals surface area (Å²) in [4.78, 5) is 12.0. The number of phenolic OH excluding ortho intramolecular Hbond substituents is 1. The first-order valence-electron chi connectivity index (χ1n) is 6.58. The average Bonchev–Trinajstić information content (AvgIpc) is 2.37. The second-order valence-electron chi connectivity index (χ2n) is 5.15. The quantitative estimate of drug-likeness (QED) is 0.882. The van der Waals surface area contributed by atoms with Crippen LogP contribution >= 0.6 is 0 Å². The predicted molar refractivity (Wildman–Crippen MR) is 77.4 cm³/mol. The number of amides is 1. The van der Waals surface area contributed by atoms with Gasteiger partial charge < -0.3 is 10.4 Å². The summed E-state index contributed by atoms with van der Waals surface area (Å²) in [5.74, 6) is 0.357. The molecule has 2 aromatic rings.